The van der Waals surface area contributed by atoms with Gasteiger partial charge in [-0.25, -0.2) is 18.1 Å². The predicted molar refractivity (Wildman–Crippen MR) is 261 cm³/mol. The molecule has 362 valence electrons. The minimum atomic E-state index is -4.68. The van der Waals surface area contributed by atoms with Gasteiger partial charge in [-0.2, -0.15) is 0 Å². The Morgan fingerprint density at radius 1 is 0.986 bits per heavy atom. The highest BCUT2D eigenvalue weighted by molar-refractivity contribution is 7.90. The highest BCUT2D eigenvalue weighted by atomic mass is 32.2. The lowest BCUT2D eigenvalue weighted by Gasteiger charge is -2.56. The van der Waals surface area contributed by atoms with Crippen molar-refractivity contribution in [2.75, 3.05) is 62.8 Å². The van der Waals surface area contributed by atoms with Gasteiger partial charge >= 0.3 is 0 Å². The fourth-order valence-electron chi connectivity index (χ4n) is 11.6. The zero-order valence-corrected chi connectivity index (χ0v) is 39.7. The molecule has 11 rings (SSSR count). The third-order valence-corrected chi connectivity index (χ3v) is 16.8. The van der Waals surface area contributed by atoms with E-state index in [1.54, 1.807) is 24.4 Å². The minimum absolute atomic E-state index is 0.0203. The van der Waals surface area contributed by atoms with Crippen molar-refractivity contribution in [3.8, 4) is 17.2 Å². The molecule has 4 saturated heterocycles. The Morgan fingerprint density at radius 2 is 1.80 bits per heavy atom. The van der Waals surface area contributed by atoms with E-state index in [0.717, 1.165) is 61.6 Å². The van der Waals surface area contributed by atoms with Gasteiger partial charge in [0.25, 0.3) is 21.6 Å². The molecule has 1 spiro atoms. The van der Waals surface area contributed by atoms with E-state index in [4.69, 9.17) is 18.9 Å². The number of piperidine rings is 1. The maximum absolute atomic E-state index is 14.2. The number of sulfonamides is 1. The largest absolute Gasteiger partial charge is 0.489 e. The van der Waals surface area contributed by atoms with Gasteiger partial charge in [0.2, 0.25) is 0 Å². The number of carbonyl (C=O) groups excluding carboxylic acids is 1. The number of pyridine rings is 1. The van der Waals surface area contributed by atoms with Crippen LogP contribution in [0.25, 0.3) is 16.6 Å². The zero-order chi connectivity index (χ0) is 47.6. The van der Waals surface area contributed by atoms with E-state index in [1.807, 2.05) is 12.1 Å². The second-order valence-corrected chi connectivity index (χ2v) is 21.5. The van der Waals surface area contributed by atoms with Crippen molar-refractivity contribution in [3.05, 3.63) is 113 Å². The second-order valence-electron chi connectivity index (χ2n) is 19.9. The molecule has 0 bridgehead atoms. The molecule has 2 aromatic heterocycles. The summed E-state index contributed by atoms with van der Waals surface area (Å²) in [5.41, 5.74) is 5.03. The van der Waals surface area contributed by atoms with Crippen LogP contribution in [0.3, 0.4) is 0 Å². The molecular formula is C51H58N8O9S. The van der Waals surface area contributed by atoms with Crippen LogP contribution in [0.4, 0.5) is 17.1 Å². The van der Waals surface area contributed by atoms with E-state index < -0.39 is 37.5 Å². The molecule has 5 fully saturated rings. The second kappa shape index (κ2) is 18.0. The number of fused-ring (bicyclic) bond motifs is 2. The number of morpholine rings is 1. The number of aromatic nitrogens is 2. The number of nitrogens with zero attached hydrogens (tertiary/aromatic N) is 5. The number of nitrogens with one attached hydrogen (secondary N) is 3. The first-order valence-electron chi connectivity index (χ1n) is 24.1. The van der Waals surface area contributed by atoms with Gasteiger partial charge in [-0.3, -0.25) is 24.7 Å². The molecule has 1 saturated carbocycles. The number of rotatable bonds is 12. The van der Waals surface area contributed by atoms with Crippen LogP contribution < -0.4 is 24.4 Å². The van der Waals surface area contributed by atoms with E-state index in [1.165, 1.54) is 42.7 Å². The summed E-state index contributed by atoms with van der Waals surface area (Å²) in [6.45, 7) is 13.6. The molecule has 2 unspecified atom stereocenters. The third kappa shape index (κ3) is 8.70. The third-order valence-electron chi connectivity index (χ3n) is 15.5. The normalized spacial score (nSPS) is 24.2. The van der Waals surface area contributed by atoms with Crippen molar-refractivity contribution in [2.45, 2.75) is 93.6 Å². The number of hydrogen-bond donors (Lipinski definition) is 3. The van der Waals surface area contributed by atoms with E-state index >= 15 is 0 Å². The molecule has 3 aromatic carbocycles. The van der Waals surface area contributed by atoms with Crippen LogP contribution in [0.5, 0.6) is 17.2 Å². The Hall–Kier alpha value is -6.05. The molecule has 0 radical (unpaired) electrons. The molecule has 6 aliphatic rings. The van der Waals surface area contributed by atoms with Crippen molar-refractivity contribution < 1.29 is 37.1 Å². The maximum atomic E-state index is 14.2. The minimum Gasteiger partial charge on any atom is -0.489 e. The number of nitro groups is 1. The summed E-state index contributed by atoms with van der Waals surface area (Å²) in [4.78, 5) is 40.4. The number of benzene rings is 3. The number of hydrogen-bond acceptors (Lipinski definition) is 14. The smallest absolute Gasteiger partial charge is 0.297 e. The number of carbonyl (C=O) groups is 1. The van der Waals surface area contributed by atoms with Crippen molar-refractivity contribution in [2.24, 2.45) is 5.41 Å². The zero-order valence-electron chi connectivity index (χ0n) is 38.9. The highest BCUT2D eigenvalue weighted by Crippen LogP contribution is 2.54. The van der Waals surface area contributed by atoms with Crippen LogP contribution in [-0.4, -0.2) is 122 Å². The summed E-state index contributed by atoms with van der Waals surface area (Å²) in [5.74, 6) is -0.505. The van der Waals surface area contributed by atoms with Crippen LogP contribution in [0, 0.1) is 15.5 Å². The number of nitro benzene ring substituents is 1. The molecule has 1 amide bonds. The Kier molecular flexibility index (Phi) is 11.9. The van der Waals surface area contributed by atoms with Crippen LogP contribution in [0.15, 0.2) is 90.6 Å². The van der Waals surface area contributed by atoms with E-state index in [-0.39, 0.29) is 53.0 Å². The van der Waals surface area contributed by atoms with E-state index in [9.17, 15) is 23.3 Å². The van der Waals surface area contributed by atoms with Gasteiger partial charge < -0.3 is 34.1 Å². The molecule has 69 heavy (non-hydrogen) atoms. The molecule has 7 heterocycles. The average molecular weight is 959 g/mol. The van der Waals surface area contributed by atoms with Gasteiger partial charge in [0.05, 0.1) is 59.6 Å². The first-order chi connectivity index (χ1) is 33.3. The van der Waals surface area contributed by atoms with Crippen LogP contribution in [0.1, 0.15) is 79.9 Å². The standard InChI is InChI=1S/C51H58N8O9S/c1-31(2)39-7-4-5-8-40(39)43-9-6-16-57(43)35-23-51(24-35)13-17-56(18-14-51)34-10-11-41(45(20-34)68-37-19-33-12-15-52-49(33)53-25-37)50(60)55-69(63,64)38-21-44(59(61)62)48-46(22-38)67-30-42(54-48)47-26-58(32(3)27-66-47)36-28-65-29-36/h4-5,7-8,10-12,15,19-22,25,32,35-36,42-43,47,54H,1,6,9,13-14,16-18,23-24,26-30H2,2-3H3,(H,52,53)(H,55,60)/t32-,42?,43?,47-/m1/s1. The summed E-state index contributed by atoms with van der Waals surface area (Å²) >= 11 is 0. The van der Waals surface area contributed by atoms with E-state index in [2.05, 4.69) is 79.4 Å². The van der Waals surface area contributed by atoms with Gasteiger partial charge in [0.15, 0.2) is 11.4 Å². The van der Waals surface area contributed by atoms with Crippen LogP contribution in [-0.2, 0) is 19.5 Å². The molecule has 17 nitrogen and oxygen atoms in total. The quantitative estimate of drug-likeness (QED) is 0.0815. The van der Waals surface area contributed by atoms with Gasteiger partial charge in [0.1, 0.15) is 23.8 Å². The molecule has 3 N–H and O–H groups in total. The number of allylic oxidation sites excluding steroid dienone is 1. The van der Waals surface area contributed by atoms with Crippen LogP contribution in [0.2, 0.25) is 0 Å². The lowest BCUT2D eigenvalue weighted by atomic mass is 9.59. The van der Waals surface area contributed by atoms with Gasteiger partial charge in [-0.1, -0.05) is 36.4 Å². The van der Waals surface area contributed by atoms with Crippen molar-refractivity contribution in [1.29, 1.82) is 0 Å². The first-order valence-corrected chi connectivity index (χ1v) is 25.5. The van der Waals surface area contributed by atoms with Gasteiger partial charge in [-0.15, -0.1) is 0 Å². The SMILES string of the molecule is C=C(C)c1ccccc1C1CCCN1C1CC2(CCN(c3ccc(C(=O)NS(=O)(=O)c4cc5c(c([N+](=O)[O-])c4)NC([C@H]4CN(C6COC6)[C@H](C)CO4)CO5)c(Oc4cnc5[nH]ccc5c4)c3)CC2)C1. The summed E-state index contributed by atoms with van der Waals surface area (Å²) < 4.78 is 54.3. The summed E-state index contributed by atoms with van der Waals surface area (Å²) in [6, 6.07) is 20.6. The topological polar surface area (TPSA) is 194 Å². The number of amides is 1. The lowest BCUT2D eigenvalue weighted by molar-refractivity contribution is -0.384. The lowest BCUT2D eigenvalue weighted by Crippen LogP contribution is -2.62. The molecule has 1 aliphatic carbocycles. The van der Waals surface area contributed by atoms with Crippen LogP contribution >= 0.6 is 0 Å². The fraction of sp³-hybridized carbons (Fsp3) is 0.451. The molecule has 4 atom stereocenters. The summed E-state index contributed by atoms with van der Waals surface area (Å²) in [7, 11) is -4.68. The number of ether oxygens (including phenoxy) is 4. The highest BCUT2D eigenvalue weighted by Gasteiger charge is 2.50. The van der Waals surface area contributed by atoms with Gasteiger partial charge in [0, 0.05) is 73.2 Å². The summed E-state index contributed by atoms with van der Waals surface area (Å²) in [6.07, 6.45) is 9.73. The predicted octanol–water partition coefficient (Wildman–Crippen LogP) is 7.66. The molecule has 18 heteroatoms. The number of H-pyrrole nitrogens is 1. The summed E-state index contributed by atoms with van der Waals surface area (Å²) in [5, 5.41) is 16.5. The monoisotopic (exact) mass is 958 g/mol. The Balaban J connectivity index is 0.798. The van der Waals surface area contributed by atoms with E-state index in [0.29, 0.717) is 49.8 Å². The Labute approximate surface area is 401 Å². The molecule has 5 aliphatic heterocycles. The number of anilines is 2. The average Bonchev–Trinajstić information content (AvgIpc) is 4.00. The Bertz CT molecular complexity index is 2920. The number of aromatic amines is 1. The van der Waals surface area contributed by atoms with Crippen molar-refractivity contribution in [3.63, 3.8) is 0 Å². The molecule has 5 aromatic rings. The number of likely N-dealkylation sites (tertiary alicyclic amines) is 1. The maximum Gasteiger partial charge on any atom is 0.297 e. The van der Waals surface area contributed by atoms with Crippen molar-refractivity contribution >= 4 is 49.6 Å². The Morgan fingerprint density at radius 3 is 2.57 bits per heavy atom. The molecular weight excluding hydrogens is 901 g/mol. The fourth-order valence-corrected chi connectivity index (χ4v) is 12.6. The first kappa shape index (κ1) is 45.4. The van der Waals surface area contributed by atoms with Gasteiger partial charge in [-0.05, 0) is 99.7 Å². The van der Waals surface area contributed by atoms with Crippen molar-refractivity contribution in [1.82, 2.24) is 24.5 Å².